The number of hydrogen-bond donors (Lipinski definition) is 1. The topological polar surface area (TPSA) is 88.1 Å². The molecule has 2 aromatic heterocycles. The summed E-state index contributed by atoms with van der Waals surface area (Å²) < 4.78 is 27.6. The first-order chi connectivity index (χ1) is 13.6. The first-order valence-corrected chi connectivity index (χ1v) is 10.8. The van der Waals surface area contributed by atoms with Crippen molar-refractivity contribution in [2.24, 2.45) is 0 Å². The van der Waals surface area contributed by atoms with Crippen LogP contribution in [-0.4, -0.2) is 34.2 Å². The Morgan fingerprint density at radius 1 is 1.04 bits per heavy atom. The quantitative estimate of drug-likeness (QED) is 0.689. The average Bonchev–Trinajstić information content (AvgIpc) is 3.21. The molecule has 7 nitrogen and oxygen atoms in total. The maximum Gasteiger partial charge on any atom is 0.218 e. The largest absolute Gasteiger partial charge is 0.324 e. The van der Waals surface area contributed by atoms with Crippen LogP contribution in [0.4, 0.5) is 11.6 Å². The minimum absolute atomic E-state index is 0.00187. The van der Waals surface area contributed by atoms with Gasteiger partial charge in [0.1, 0.15) is 11.6 Å². The van der Waals surface area contributed by atoms with Crippen molar-refractivity contribution >= 4 is 21.7 Å². The molecule has 0 aliphatic carbocycles. The van der Waals surface area contributed by atoms with Crippen molar-refractivity contribution in [2.45, 2.75) is 24.6 Å². The van der Waals surface area contributed by atoms with E-state index in [9.17, 15) is 8.42 Å². The molecule has 144 valence electrons. The Bertz CT molecular complexity index is 1030. The summed E-state index contributed by atoms with van der Waals surface area (Å²) in [6, 6.07) is 14.6. The number of aromatic nitrogens is 3. The molecule has 4 rings (SSSR count). The van der Waals surface area contributed by atoms with Crippen LogP contribution < -0.4 is 5.32 Å². The van der Waals surface area contributed by atoms with Crippen molar-refractivity contribution in [1.82, 2.24) is 19.3 Å². The molecule has 8 heteroatoms. The van der Waals surface area contributed by atoms with E-state index in [1.165, 1.54) is 0 Å². The van der Waals surface area contributed by atoms with Gasteiger partial charge in [-0.1, -0.05) is 36.4 Å². The standard InChI is InChI=1S/C20H21N5O2S/c26-28(27,15-16-6-2-1-3-7-16)25-13-5-9-18(25)17-8-4-10-19(23-17)24-20-14-21-11-12-22-20/h1-4,6-8,10-12,14,18H,5,9,13,15H2,(H,22,23,24). The number of hydrogen-bond acceptors (Lipinski definition) is 6. The molecule has 1 atom stereocenters. The van der Waals surface area contributed by atoms with E-state index in [4.69, 9.17) is 0 Å². The fourth-order valence-corrected chi connectivity index (χ4v) is 5.23. The van der Waals surface area contributed by atoms with E-state index in [2.05, 4.69) is 20.3 Å². The number of pyridine rings is 1. The fraction of sp³-hybridized carbons (Fsp3) is 0.250. The first kappa shape index (κ1) is 18.5. The number of benzene rings is 1. The van der Waals surface area contributed by atoms with Crippen molar-refractivity contribution in [1.29, 1.82) is 0 Å². The second kappa shape index (κ2) is 8.04. The molecule has 0 saturated carbocycles. The van der Waals surface area contributed by atoms with E-state index < -0.39 is 10.0 Å². The third-order valence-corrected chi connectivity index (χ3v) is 6.53. The average molecular weight is 395 g/mol. The van der Waals surface area contributed by atoms with Crippen LogP contribution in [0.15, 0.2) is 67.1 Å². The van der Waals surface area contributed by atoms with Gasteiger partial charge in [0.15, 0.2) is 0 Å². The Labute approximate surface area is 164 Å². The number of nitrogens with one attached hydrogen (secondary N) is 1. The van der Waals surface area contributed by atoms with Crippen LogP contribution in [0.1, 0.15) is 30.1 Å². The maximum absolute atomic E-state index is 13.0. The predicted molar refractivity (Wildman–Crippen MR) is 107 cm³/mol. The molecule has 0 spiro atoms. The molecule has 3 aromatic rings. The molecule has 1 N–H and O–H groups in total. The van der Waals surface area contributed by atoms with Crippen LogP contribution in [0.3, 0.4) is 0 Å². The van der Waals surface area contributed by atoms with Gasteiger partial charge < -0.3 is 5.32 Å². The Hall–Kier alpha value is -2.84. The summed E-state index contributed by atoms with van der Waals surface area (Å²) in [5, 5.41) is 3.11. The predicted octanol–water partition coefficient (Wildman–Crippen LogP) is 3.28. The van der Waals surface area contributed by atoms with Gasteiger partial charge in [-0.3, -0.25) is 4.98 Å². The van der Waals surface area contributed by atoms with E-state index in [1.807, 2.05) is 48.5 Å². The second-order valence-electron chi connectivity index (χ2n) is 6.67. The maximum atomic E-state index is 13.0. The van der Waals surface area contributed by atoms with Gasteiger partial charge in [-0.2, -0.15) is 4.31 Å². The van der Waals surface area contributed by atoms with Crippen LogP contribution in [-0.2, 0) is 15.8 Å². The zero-order valence-corrected chi connectivity index (χ0v) is 16.1. The van der Waals surface area contributed by atoms with E-state index in [-0.39, 0.29) is 11.8 Å². The monoisotopic (exact) mass is 395 g/mol. The Morgan fingerprint density at radius 2 is 1.89 bits per heavy atom. The lowest BCUT2D eigenvalue weighted by Crippen LogP contribution is -2.32. The van der Waals surface area contributed by atoms with E-state index in [1.54, 1.807) is 22.9 Å². The molecular formula is C20H21N5O2S. The van der Waals surface area contributed by atoms with Gasteiger partial charge in [-0.25, -0.2) is 18.4 Å². The van der Waals surface area contributed by atoms with Gasteiger partial charge in [0.2, 0.25) is 10.0 Å². The molecule has 0 radical (unpaired) electrons. The lowest BCUT2D eigenvalue weighted by molar-refractivity contribution is 0.390. The highest BCUT2D eigenvalue weighted by molar-refractivity contribution is 7.88. The SMILES string of the molecule is O=S(=O)(Cc1ccccc1)N1CCCC1c1cccc(Nc2cnccn2)n1. The number of rotatable bonds is 6. The van der Waals surface area contributed by atoms with Crippen LogP contribution in [0.25, 0.3) is 0 Å². The summed E-state index contributed by atoms with van der Waals surface area (Å²) in [5.41, 5.74) is 1.53. The molecule has 1 unspecified atom stereocenters. The van der Waals surface area contributed by atoms with E-state index in [0.29, 0.717) is 18.2 Å². The van der Waals surface area contributed by atoms with E-state index >= 15 is 0 Å². The summed E-state index contributed by atoms with van der Waals surface area (Å²) in [6.45, 7) is 0.517. The van der Waals surface area contributed by atoms with Crippen molar-refractivity contribution in [3.8, 4) is 0 Å². The Kier molecular flexibility index (Phi) is 5.31. The van der Waals surface area contributed by atoms with Gasteiger partial charge in [0, 0.05) is 18.9 Å². The van der Waals surface area contributed by atoms with Crippen molar-refractivity contribution < 1.29 is 8.42 Å². The molecule has 1 saturated heterocycles. The number of sulfonamides is 1. The fourth-order valence-electron chi connectivity index (χ4n) is 3.44. The smallest absolute Gasteiger partial charge is 0.218 e. The Morgan fingerprint density at radius 3 is 2.68 bits per heavy atom. The summed E-state index contributed by atoms with van der Waals surface area (Å²) in [6.07, 6.45) is 6.39. The molecule has 1 aliphatic rings. The Balaban J connectivity index is 1.55. The number of nitrogens with zero attached hydrogens (tertiary/aromatic N) is 4. The third-order valence-electron chi connectivity index (χ3n) is 4.68. The van der Waals surface area contributed by atoms with Crippen molar-refractivity contribution in [2.75, 3.05) is 11.9 Å². The van der Waals surface area contributed by atoms with Gasteiger partial charge in [-0.15, -0.1) is 0 Å². The molecule has 3 heterocycles. The molecule has 1 fully saturated rings. The lowest BCUT2D eigenvalue weighted by Gasteiger charge is -2.24. The minimum Gasteiger partial charge on any atom is -0.324 e. The number of anilines is 2. The zero-order valence-electron chi connectivity index (χ0n) is 15.3. The second-order valence-corrected chi connectivity index (χ2v) is 8.60. The molecule has 28 heavy (non-hydrogen) atoms. The zero-order chi connectivity index (χ0) is 19.4. The molecule has 0 amide bonds. The molecule has 0 bridgehead atoms. The molecule has 1 aliphatic heterocycles. The highest BCUT2D eigenvalue weighted by atomic mass is 32.2. The van der Waals surface area contributed by atoms with Crippen LogP contribution in [0.5, 0.6) is 0 Å². The van der Waals surface area contributed by atoms with Crippen molar-refractivity contribution in [3.05, 3.63) is 78.4 Å². The van der Waals surface area contributed by atoms with Crippen molar-refractivity contribution in [3.63, 3.8) is 0 Å². The van der Waals surface area contributed by atoms with Crippen LogP contribution in [0.2, 0.25) is 0 Å². The lowest BCUT2D eigenvalue weighted by atomic mass is 10.1. The minimum atomic E-state index is -3.43. The molecular weight excluding hydrogens is 374 g/mol. The third kappa shape index (κ3) is 4.18. The molecule has 1 aromatic carbocycles. The van der Waals surface area contributed by atoms with E-state index in [0.717, 1.165) is 24.1 Å². The summed E-state index contributed by atoms with van der Waals surface area (Å²) in [7, 11) is -3.43. The van der Waals surface area contributed by atoms with Crippen LogP contribution in [0, 0.1) is 0 Å². The van der Waals surface area contributed by atoms with Gasteiger partial charge >= 0.3 is 0 Å². The summed E-state index contributed by atoms with van der Waals surface area (Å²) >= 11 is 0. The highest BCUT2D eigenvalue weighted by Gasteiger charge is 2.36. The normalized spacial score (nSPS) is 17.5. The summed E-state index contributed by atoms with van der Waals surface area (Å²) in [4.78, 5) is 12.8. The van der Waals surface area contributed by atoms with Gasteiger partial charge in [0.25, 0.3) is 0 Å². The van der Waals surface area contributed by atoms with Crippen LogP contribution >= 0.6 is 0 Å². The van der Waals surface area contributed by atoms with Gasteiger partial charge in [-0.05, 0) is 30.5 Å². The first-order valence-electron chi connectivity index (χ1n) is 9.15. The highest BCUT2D eigenvalue weighted by Crippen LogP contribution is 2.34. The summed E-state index contributed by atoms with van der Waals surface area (Å²) in [5.74, 6) is 1.21. The van der Waals surface area contributed by atoms with Gasteiger partial charge in [0.05, 0.1) is 23.7 Å².